The number of unbranched alkanes of at least 4 members (excludes halogenated alkanes) is 34. The molecule has 9 heteroatoms. The first kappa shape index (κ1) is 57.5. The lowest BCUT2D eigenvalue weighted by Crippen LogP contribution is -2.46. The van der Waals surface area contributed by atoms with E-state index < -0.39 is 20.0 Å². The second-order valence-corrected chi connectivity index (χ2v) is 20.3. The van der Waals surface area contributed by atoms with Gasteiger partial charge >= 0.3 is 0 Å². The van der Waals surface area contributed by atoms with E-state index in [9.17, 15) is 19.4 Å². The van der Waals surface area contributed by atoms with E-state index in [-0.39, 0.29) is 19.1 Å². The second-order valence-electron chi connectivity index (χ2n) is 18.9. The summed E-state index contributed by atoms with van der Waals surface area (Å²) >= 11 is 0. The van der Waals surface area contributed by atoms with Crippen molar-refractivity contribution in [3.05, 3.63) is 0 Å². The number of phosphoric acid groups is 1. The van der Waals surface area contributed by atoms with Gasteiger partial charge in [-0.2, -0.15) is 0 Å². The molecule has 3 unspecified atom stereocenters. The molecule has 0 aliphatic carbocycles. The minimum Gasteiger partial charge on any atom is -0.756 e. The number of quaternary nitrogens is 1. The molecule has 58 heavy (non-hydrogen) atoms. The molecule has 0 aromatic heterocycles. The van der Waals surface area contributed by atoms with E-state index in [2.05, 4.69) is 19.2 Å². The fourth-order valence-electron chi connectivity index (χ4n) is 7.81. The Morgan fingerprint density at radius 1 is 0.534 bits per heavy atom. The SMILES string of the molecule is CCCCCCCCCCCCCCCCCCCCCCCCCCCCC(=O)NC(COP(=O)([O-])OCC[N+](C)(C)C)C(O)CCCCCCCCCCCC. The summed E-state index contributed by atoms with van der Waals surface area (Å²) in [7, 11) is 1.32. The van der Waals surface area contributed by atoms with Crippen LogP contribution >= 0.6 is 7.82 Å². The van der Waals surface area contributed by atoms with Crippen LogP contribution in [0.15, 0.2) is 0 Å². The Labute approximate surface area is 361 Å². The van der Waals surface area contributed by atoms with Crippen LogP contribution < -0.4 is 10.2 Å². The first-order valence-corrected chi connectivity index (χ1v) is 26.8. The molecule has 8 nitrogen and oxygen atoms in total. The number of hydrogen-bond donors (Lipinski definition) is 2. The Morgan fingerprint density at radius 3 is 1.17 bits per heavy atom. The number of nitrogens with one attached hydrogen (secondary N) is 1. The van der Waals surface area contributed by atoms with Crippen molar-refractivity contribution in [3.63, 3.8) is 0 Å². The summed E-state index contributed by atoms with van der Waals surface area (Å²) in [5.74, 6) is -0.160. The molecule has 0 aliphatic heterocycles. The number of aliphatic hydroxyl groups is 1. The lowest BCUT2D eigenvalue weighted by Gasteiger charge is -2.30. The number of phosphoric ester groups is 1. The predicted molar refractivity (Wildman–Crippen MR) is 247 cm³/mol. The number of aliphatic hydroxyl groups excluding tert-OH is 1. The quantitative estimate of drug-likeness (QED) is 0.0359. The molecule has 0 spiro atoms. The molecule has 0 rings (SSSR count). The van der Waals surface area contributed by atoms with Gasteiger partial charge in [0.25, 0.3) is 7.82 Å². The van der Waals surface area contributed by atoms with Crippen molar-refractivity contribution < 1.29 is 32.9 Å². The first-order valence-electron chi connectivity index (χ1n) is 25.4. The summed E-state index contributed by atoms with van der Waals surface area (Å²) in [5.41, 5.74) is 0. The summed E-state index contributed by atoms with van der Waals surface area (Å²) in [4.78, 5) is 25.3. The number of carbonyl (C=O) groups excluding carboxylic acids is 1. The average Bonchev–Trinajstić information content (AvgIpc) is 3.17. The highest BCUT2D eigenvalue weighted by molar-refractivity contribution is 7.45. The van der Waals surface area contributed by atoms with Crippen molar-refractivity contribution in [2.24, 2.45) is 0 Å². The van der Waals surface area contributed by atoms with Gasteiger partial charge in [-0.05, 0) is 12.8 Å². The normalized spacial score (nSPS) is 14.1. The predicted octanol–water partition coefficient (Wildman–Crippen LogP) is 13.9. The van der Waals surface area contributed by atoms with Crippen molar-refractivity contribution in [2.75, 3.05) is 40.9 Å². The molecule has 0 saturated heterocycles. The van der Waals surface area contributed by atoms with E-state index in [1.165, 1.54) is 193 Å². The maximum absolute atomic E-state index is 12.9. The van der Waals surface area contributed by atoms with Crippen LogP contribution in [0.3, 0.4) is 0 Å². The standard InChI is InChI=1S/C49H101N2O6P/c1-6-8-10-12-14-16-18-19-20-21-22-23-24-25-26-27-28-29-30-31-32-33-35-37-39-41-43-49(53)50-47(46-57-58(54,55)56-45-44-51(3,4)5)48(52)42-40-38-36-34-17-15-13-11-9-7-2/h47-48,52H,6-46H2,1-5H3,(H-,50,53,54,55). The molecular formula is C49H101N2O6P. The minimum atomic E-state index is -4.56. The third kappa shape index (κ3) is 43.6. The zero-order valence-electron chi connectivity index (χ0n) is 39.5. The lowest BCUT2D eigenvalue weighted by molar-refractivity contribution is -0.870. The molecule has 0 aromatic rings. The van der Waals surface area contributed by atoms with Crippen LogP contribution in [-0.2, 0) is 18.4 Å². The lowest BCUT2D eigenvalue weighted by atomic mass is 10.0. The highest BCUT2D eigenvalue weighted by Gasteiger charge is 2.24. The zero-order valence-corrected chi connectivity index (χ0v) is 40.4. The smallest absolute Gasteiger partial charge is 0.268 e. The van der Waals surface area contributed by atoms with E-state index in [4.69, 9.17) is 9.05 Å². The Hall–Kier alpha value is -0.500. The monoisotopic (exact) mass is 845 g/mol. The third-order valence-electron chi connectivity index (χ3n) is 11.8. The first-order chi connectivity index (χ1) is 28.0. The van der Waals surface area contributed by atoms with Crippen LogP contribution in [0.4, 0.5) is 0 Å². The second kappa shape index (κ2) is 41.8. The third-order valence-corrected chi connectivity index (χ3v) is 12.8. The number of nitrogens with zero attached hydrogens (tertiary/aromatic N) is 1. The van der Waals surface area contributed by atoms with Crippen LogP contribution in [0.2, 0.25) is 0 Å². The molecular weight excluding hydrogens is 744 g/mol. The fraction of sp³-hybridized carbons (Fsp3) is 0.980. The van der Waals surface area contributed by atoms with Gasteiger partial charge in [-0.1, -0.05) is 239 Å². The van der Waals surface area contributed by atoms with E-state index in [0.29, 0.717) is 23.9 Å². The number of likely N-dealkylation sites (N-methyl/N-ethyl adjacent to an activating group) is 1. The highest BCUT2D eigenvalue weighted by atomic mass is 31.2. The Morgan fingerprint density at radius 2 is 0.845 bits per heavy atom. The zero-order chi connectivity index (χ0) is 42.8. The van der Waals surface area contributed by atoms with Gasteiger partial charge in [0.1, 0.15) is 13.2 Å². The summed E-state index contributed by atoms with van der Waals surface area (Å²) in [5, 5.41) is 13.9. The van der Waals surface area contributed by atoms with Gasteiger partial charge in [0.2, 0.25) is 5.91 Å². The molecule has 0 aromatic carbocycles. The van der Waals surface area contributed by atoms with E-state index in [1.807, 2.05) is 21.1 Å². The maximum Gasteiger partial charge on any atom is 0.268 e. The van der Waals surface area contributed by atoms with Crippen molar-refractivity contribution >= 4 is 13.7 Å². The van der Waals surface area contributed by atoms with Crippen LogP contribution in [0.1, 0.15) is 258 Å². The molecule has 3 atom stereocenters. The highest BCUT2D eigenvalue weighted by Crippen LogP contribution is 2.38. The van der Waals surface area contributed by atoms with Crippen LogP contribution in [0.25, 0.3) is 0 Å². The van der Waals surface area contributed by atoms with Gasteiger partial charge in [-0.3, -0.25) is 9.36 Å². The molecule has 0 heterocycles. The van der Waals surface area contributed by atoms with E-state index in [0.717, 1.165) is 38.5 Å². The Bertz CT molecular complexity index is 916. The van der Waals surface area contributed by atoms with Crippen molar-refractivity contribution in [3.8, 4) is 0 Å². The minimum absolute atomic E-state index is 0.0159. The number of carbonyl (C=O) groups is 1. The maximum atomic E-state index is 12.9. The van der Waals surface area contributed by atoms with Gasteiger partial charge < -0.3 is 28.8 Å². The molecule has 2 N–H and O–H groups in total. The Balaban J connectivity index is 4.03. The van der Waals surface area contributed by atoms with Crippen molar-refractivity contribution in [1.29, 1.82) is 0 Å². The number of rotatable bonds is 47. The van der Waals surface area contributed by atoms with Crippen molar-refractivity contribution in [1.82, 2.24) is 5.32 Å². The molecule has 0 fully saturated rings. The largest absolute Gasteiger partial charge is 0.756 e. The van der Waals surface area contributed by atoms with Crippen molar-refractivity contribution in [2.45, 2.75) is 270 Å². The van der Waals surface area contributed by atoms with Gasteiger partial charge in [0.15, 0.2) is 0 Å². The molecule has 348 valence electrons. The summed E-state index contributed by atoms with van der Waals surface area (Å²) in [6, 6.07) is -0.792. The number of amides is 1. The van der Waals surface area contributed by atoms with E-state index >= 15 is 0 Å². The molecule has 1 amide bonds. The summed E-state index contributed by atoms with van der Waals surface area (Å²) in [6.07, 6.45) is 47.0. The molecule has 0 aliphatic rings. The average molecular weight is 845 g/mol. The van der Waals surface area contributed by atoms with E-state index in [1.54, 1.807) is 0 Å². The van der Waals surface area contributed by atoms with Gasteiger partial charge in [-0.25, -0.2) is 0 Å². The topological polar surface area (TPSA) is 108 Å². The Kier molecular flexibility index (Phi) is 41.5. The van der Waals surface area contributed by atoms with Gasteiger partial charge in [0.05, 0.1) is 39.9 Å². The van der Waals surface area contributed by atoms with Gasteiger partial charge in [0, 0.05) is 6.42 Å². The number of hydrogen-bond acceptors (Lipinski definition) is 6. The molecule has 0 radical (unpaired) electrons. The summed E-state index contributed by atoms with van der Waals surface area (Å²) in [6.45, 7) is 4.73. The van der Waals surface area contributed by atoms with Gasteiger partial charge in [-0.15, -0.1) is 0 Å². The fourth-order valence-corrected chi connectivity index (χ4v) is 8.53. The summed E-state index contributed by atoms with van der Waals surface area (Å²) < 4.78 is 23.3. The van der Waals surface area contributed by atoms with Crippen LogP contribution in [0.5, 0.6) is 0 Å². The van der Waals surface area contributed by atoms with Crippen LogP contribution in [0, 0.1) is 0 Å². The molecule has 0 bridgehead atoms. The molecule has 0 saturated carbocycles. The van der Waals surface area contributed by atoms with Crippen LogP contribution in [-0.4, -0.2) is 68.5 Å².